The van der Waals surface area contributed by atoms with Crippen LogP contribution < -0.4 is 0 Å². The average Bonchev–Trinajstić information content (AvgIpc) is 2.65. The Morgan fingerprint density at radius 1 is 1.20 bits per heavy atom. The van der Waals surface area contributed by atoms with Gasteiger partial charge in [0.2, 0.25) is 0 Å². The zero-order chi connectivity index (χ0) is 7.72. The second kappa shape index (κ2) is 2.32. The highest BCUT2D eigenvalue weighted by atomic mass is 19.3. The summed E-state index contributed by atoms with van der Waals surface area (Å²) in [5.41, 5.74) is 0. The van der Waals surface area contributed by atoms with E-state index in [1.165, 1.54) is 0 Å². The molecule has 0 aromatic rings. The third-order valence-electron chi connectivity index (χ3n) is 1.09. The number of amides is 1. The van der Waals surface area contributed by atoms with Crippen LogP contribution in [0, 0.1) is 0 Å². The Bertz CT molecular complexity index is 193. The summed E-state index contributed by atoms with van der Waals surface area (Å²) >= 11 is 0. The first-order valence-electron chi connectivity index (χ1n) is 2.63. The molecule has 1 saturated heterocycles. The van der Waals surface area contributed by atoms with Crippen LogP contribution in [0.3, 0.4) is 0 Å². The lowest BCUT2D eigenvalue weighted by Gasteiger charge is -1.94. The first-order valence-corrected chi connectivity index (χ1v) is 2.63. The van der Waals surface area contributed by atoms with Crippen molar-refractivity contribution in [2.45, 2.75) is 0 Å². The number of rotatable bonds is 1. The van der Waals surface area contributed by atoms with E-state index in [-0.39, 0.29) is 0 Å². The van der Waals surface area contributed by atoms with E-state index in [0.717, 1.165) is 4.90 Å². The summed E-state index contributed by atoms with van der Waals surface area (Å²) in [6.07, 6.45) is -2.54. The van der Waals surface area contributed by atoms with Gasteiger partial charge in [-0.15, -0.1) is 0 Å². The topological polar surface area (TPSA) is 20.1 Å². The second-order valence-corrected chi connectivity index (χ2v) is 1.87. The van der Waals surface area contributed by atoms with Gasteiger partial charge in [0.15, 0.2) is 0 Å². The molecule has 1 amide bonds. The van der Waals surface area contributed by atoms with E-state index in [2.05, 4.69) is 0 Å². The molecule has 1 rings (SSSR count). The number of carbonyl (C=O) groups is 1. The predicted molar refractivity (Wildman–Crippen MR) is 26.9 cm³/mol. The molecule has 0 aromatic heterocycles. The monoisotopic (exact) mass is 151 g/mol. The quantitative estimate of drug-likeness (QED) is 0.402. The van der Waals surface area contributed by atoms with Gasteiger partial charge in [-0.3, -0.25) is 4.79 Å². The van der Waals surface area contributed by atoms with E-state index in [1.54, 1.807) is 0 Å². The minimum atomic E-state index is -2.54. The fraction of sp³-hybridized carbons (Fsp3) is 0.400. The Labute approximate surface area is 54.9 Å². The van der Waals surface area contributed by atoms with E-state index in [1.807, 2.05) is 0 Å². The van der Waals surface area contributed by atoms with Gasteiger partial charge in [0.25, 0.3) is 11.7 Å². The highest BCUT2D eigenvalue weighted by Crippen LogP contribution is 2.16. The molecule has 0 bridgehead atoms. The van der Waals surface area contributed by atoms with Crippen LogP contribution in [-0.4, -0.2) is 23.9 Å². The highest BCUT2D eigenvalue weighted by Gasteiger charge is 2.29. The van der Waals surface area contributed by atoms with Gasteiger partial charge in [0.1, 0.15) is 0 Å². The van der Waals surface area contributed by atoms with Crippen molar-refractivity contribution in [1.82, 2.24) is 4.90 Å². The van der Waals surface area contributed by atoms with Crippen molar-refractivity contribution in [2.75, 3.05) is 13.1 Å². The molecule has 0 atom stereocenters. The van der Waals surface area contributed by atoms with Crippen LogP contribution in [0.4, 0.5) is 13.2 Å². The number of halogens is 3. The van der Waals surface area contributed by atoms with Gasteiger partial charge >= 0.3 is 6.08 Å². The van der Waals surface area contributed by atoms with Crippen molar-refractivity contribution >= 4 is 5.91 Å². The second-order valence-electron chi connectivity index (χ2n) is 1.87. The molecule has 0 aliphatic carbocycles. The first kappa shape index (κ1) is 7.11. The average molecular weight is 151 g/mol. The molecule has 0 radical (unpaired) electrons. The van der Waals surface area contributed by atoms with Crippen molar-refractivity contribution in [3.8, 4) is 0 Å². The maximum Gasteiger partial charge on any atom is 0.311 e. The summed E-state index contributed by atoms with van der Waals surface area (Å²) in [4.78, 5) is 11.3. The summed E-state index contributed by atoms with van der Waals surface area (Å²) in [5, 5.41) is 0. The minimum absolute atomic E-state index is 0.375. The number of carbonyl (C=O) groups excluding carboxylic acids is 1. The molecule has 56 valence electrons. The molecule has 2 nitrogen and oxygen atoms in total. The van der Waals surface area contributed by atoms with Crippen LogP contribution >= 0.6 is 0 Å². The van der Waals surface area contributed by atoms with Crippen LogP contribution in [0.5, 0.6) is 0 Å². The molecule has 10 heavy (non-hydrogen) atoms. The Kier molecular flexibility index (Phi) is 1.65. The first-order chi connectivity index (χ1) is 4.63. The molecular weight excluding hydrogens is 147 g/mol. The SMILES string of the molecule is O=C(C(F)=C(F)F)N1CC1. The van der Waals surface area contributed by atoms with Gasteiger partial charge in [-0.1, -0.05) is 0 Å². The standard InChI is InChI=1S/C5H4F3NO/c6-3(4(7)8)5(10)9-1-2-9/h1-2H2. The fourth-order valence-electron chi connectivity index (χ4n) is 0.473. The van der Waals surface area contributed by atoms with Crippen LogP contribution in [0.1, 0.15) is 0 Å². The summed E-state index contributed by atoms with van der Waals surface area (Å²) in [6, 6.07) is 0. The Hall–Kier alpha value is -1.00. The third-order valence-corrected chi connectivity index (χ3v) is 1.09. The molecule has 0 saturated carbocycles. The van der Waals surface area contributed by atoms with Crippen LogP contribution in [0.2, 0.25) is 0 Å². The number of nitrogens with zero attached hydrogens (tertiary/aromatic N) is 1. The molecule has 0 spiro atoms. The summed E-state index contributed by atoms with van der Waals surface area (Å²) in [5.74, 6) is -3.14. The number of hydrogen-bond acceptors (Lipinski definition) is 1. The van der Waals surface area contributed by atoms with Gasteiger partial charge in [-0.05, 0) is 0 Å². The van der Waals surface area contributed by atoms with Gasteiger partial charge in [0, 0.05) is 13.1 Å². The summed E-state index contributed by atoms with van der Waals surface area (Å²) in [6.45, 7) is 0.749. The molecule has 1 aliphatic rings. The fourth-order valence-corrected chi connectivity index (χ4v) is 0.473. The predicted octanol–water partition coefficient (Wildman–Crippen LogP) is 0.906. The van der Waals surface area contributed by atoms with Crippen molar-refractivity contribution in [3.05, 3.63) is 11.9 Å². The largest absolute Gasteiger partial charge is 0.333 e. The Balaban J connectivity index is 2.64. The third kappa shape index (κ3) is 1.29. The molecule has 1 aliphatic heterocycles. The maximum atomic E-state index is 11.9. The molecule has 0 N–H and O–H groups in total. The molecule has 1 heterocycles. The smallest absolute Gasteiger partial charge is 0.311 e. The lowest BCUT2D eigenvalue weighted by molar-refractivity contribution is -0.123. The van der Waals surface area contributed by atoms with E-state index in [0.29, 0.717) is 13.1 Å². The van der Waals surface area contributed by atoms with Gasteiger partial charge in [-0.2, -0.15) is 13.2 Å². The molecular formula is C5H4F3NO. The highest BCUT2D eigenvalue weighted by molar-refractivity contribution is 5.92. The Morgan fingerprint density at radius 2 is 1.70 bits per heavy atom. The van der Waals surface area contributed by atoms with Gasteiger partial charge < -0.3 is 4.90 Å². The zero-order valence-corrected chi connectivity index (χ0v) is 4.90. The minimum Gasteiger partial charge on any atom is -0.333 e. The number of hydrogen-bond donors (Lipinski definition) is 0. The van der Waals surface area contributed by atoms with Crippen molar-refractivity contribution in [3.63, 3.8) is 0 Å². The van der Waals surface area contributed by atoms with E-state index in [9.17, 15) is 18.0 Å². The van der Waals surface area contributed by atoms with Crippen molar-refractivity contribution in [2.24, 2.45) is 0 Å². The lowest BCUT2D eigenvalue weighted by Crippen LogP contribution is -2.10. The zero-order valence-electron chi connectivity index (χ0n) is 4.90. The van der Waals surface area contributed by atoms with E-state index >= 15 is 0 Å². The van der Waals surface area contributed by atoms with Gasteiger partial charge in [-0.25, -0.2) is 0 Å². The summed E-state index contributed by atoms with van der Waals surface area (Å²) in [7, 11) is 0. The van der Waals surface area contributed by atoms with Crippen LogP contribution in [0.25, 0.3) is 0 Å². The maximum absolute atomic E-state index is 11.9. The Morgan fingerprint density at radius 3 is 2.00 bits per heavy atom. The van der Waals surface area contributed by atoms with Gasteiger partial charge in [0.05, 0.1) is 0 Å². The molecule has 0 aromatic carbocycles. The van der Waals surface area contributed by atoms with Crippen molar-refractivity contribution in [1.29, 1.82) is 0 Å². The van der Waals surface area contributed by atoms with E-state index < -0.39 is 17.8 Å². The molecule has 0 unspecified atom stereocenters. The normalized spacial score (nSPS) is 14.9. The lowest BCUT2D eigenvalue weighted by atomic mass is 10.5. The van der Waals surface area contributed by atoms with E-state index in [4.69, 9.17) is 0 Å². The van der Waals surface area contributed by atoms with Crippen LogP contribution in [-0.2, 0) is 4.79 Å². The summed E-state index contributed by atoms with van der Waals surface area (Å²) < 4.78 is 34.6. The van der Waals surface area contributed by atoms with Crippen molar-refractivity contribution < 1.29 is 18.0 Å². The van der Waals surface area contributed by atoms with Crippen LogP contribution in [0.15, 0.2) is 11.9 Å². The molecule has 1 fully saturated rings. The molecule has 5 heteroatoms.